The smallest absolute Gasteiger partial charge is 0.227 e. The fourth-order valence-corrected chi connectivity index (χ4v) is 3.41. The van der Waals surface area contributed by atoms with Crippen LogP contribution >= 0.6 is 0 Å². The van der Waals surface area contributed by atoms with Gasteiger partial charge in [-0.3, -0.25) is 14.5 Å². The summed E-state index contributed by atoms with van der Waals surface area (Å²) in [4.78, 5) is 27.9. The summed E-state index contributed by atoms with van der Waals surface area (Å²) in [6.07, 6.45) is 1.47. The molecule has 2 heterocycles. The normalized spacial score (nSPS) is 19.6. The Balaban J connectivity index is 1.47. The van der Waals surface area contributed by atoms with E-state index >= 15 is 0 Å². The number of benzene rings is 1. The van der Waals surface area contributed by atoms with Gasteiger partial charge >= 0.3 is 0 Å². The second kappa shape index (κ2) is 8.45. The molecular formula is C19H27N3O3. The van der Waals surface area contributed by atoms with Crippen LogP contribution in [0.5, 0.6) is 0 Å². The number of amides is 2. The number of anilines is 1. The van der Waals surface area contributed by atoms with Gasteiger partial charge in [0.2, 0.25) is 11.8 Å². The summed E-state index contributed by atoms with van der Waals surface area (Å²) in [7, 11) is 0. The van der Waals surface area contributed by atoms with Gasteiger partial charge in [-0.2, -0.15) is 0 Å². The molecule has 2 aliphatic rings. The Labute approximate surface area is 149 Å². The average Bonchev–Trinajstić information content (AvgIpc) is 2.64. The quantitative estimate of drug-likeness (QED) is 0.903. The van der Waals surface area contributed by atoms with Crippen molar-refractivity contribution in [3.05, 3.63) is 29.8 Å². The van der Waals surface area contributed by atoms with Crippen molar-refractivity contribution in [2.24, 2.45) is 5.92 Å². The highest BCUT2D eigenvalue weighted by Gasteiger charge is 2.26. The van der Waals surface area contributed by atoms with Crippen LogP contribution in [0.15, 0.2) is 24.3 Å². The van der Waals surface area contributed by atoms with Gasteiger partial charge in [-0.05, 0) is 30.5 Å². The number of carbonyl (C=O) groups excluding carboxylic acids is 2. The van der Waals surface area contributed by atoms with Crippen LogP contribution in [0.4, 0.5) is 5.69 Å². The lowest BCUT2D eigenvalue weighted by Crippen LogP contribution is -2.40. The van der Waals surface area contributed by atoms with E-state index in [0.717, 1.165) is 51.4 Å². The minimum atomic E-state index is -0.0105. The molecule has 3 rings (SSSR count). The number of ether oxygens (including phenoxy) is 1. The number of hydrogen-bond acceptors (Lipinski definition) is 4. The van der Waals surface area contributed by atoms with Gasteiger partial charge in [-0.25, -0.2) is 0 Å². The number of piperidine rings is 1. The maximum absolute atomic E-state index is 12.4. The monoisotopic (exact) mass is 345 g/mol. The van der Waals surface area contributed by atoms with Crippen LogP contribution < -0.4 is 5.32 Å². The number of rotatable bonds is 4. The molecule has 6 heteroatoms. The largest absolute Gasteiger partial charge is 0.379 e. The molecule has 25 heavy (non-hydrogen) atoms. The van der Waals surface area contributed by atoms with E-state index in [2.05, 4.69) is 22.3 Å². The third-order valence-electron chi connectivity index (χ3n) is 5.04. The first kappa shape index (κ1) is 17.9. The molecule has 0 saturated carbocycles. The molecule has 2 aliphatic heterocycles. The molecule has 0 unspecified atom stereocenters. The van der Waals surface area contributed by atoms with Crippen molar-refractivity contribution in [3.63, 3.8) is 0 Å². The lowest BCUT2D eigenvalue weighted by atomic mass is 9.96. The molecule has 1 aromatic carbocycles. The van der Waals surface area contributed by atoms with Crippen LogP contribution in [-0.4, -0.2) is 61.0 Å². The number of nitrogens with one attached hydrogen (secondary N) is 1. The molecule has 2 fully saturated rings. The van der Waals surface area contributed by atoms with Gasteiger partial charge in [0.25, 0.3) is 0 Å². The van der Waals surface area contributed by atoms with Crippen LogP contribution in [0, 0.1) is 5.92 Å². The summed E-state index contributed by atoms with van der Waals surface area (Å²) in [6.45, 7) is 7.39. The maximum Gasteiger partial charge on any atom is 0.227 e. The van der Waals surface area contributed by atoms with Gasteiger partial charge in [0.1, 0.15) is 0 Å². The number of hydrogen-bond donors (Lipinski definition) is 1. The Morgan fingerprint density at radius 1 is 1.08 bits per heavy atom. The molecule has 1 aromatic rings. The van der Waals surface area contributed by atoms with Crippen molar-refractivity contribution in [1.82, 2.24) is 9.80 Å². The second-order valence-electron chi connectivity index (χ2n) is 6.86. The molecule has 0 aromatic heterocycles. The highest BCUT2D eigenvalue weighted by Crippen LogP contribution is 2.20. The van der Waals surface area contributed by atoms with E-state index in [9.17, 15) is 9.59 Å². The lowest BCUT2D eigenvalue weighted by molar-refractivity contribution is -0.132. The van der Waals surface area contributed by atoms with E-state index in [1.807, 2.05) is 17.0 Å². The summed E-state index contributed by atoms with van der Waals surface area (Å²) in [5.41, 5.74) is 2.08. The lowest BCUT2D eigenvalue weighted by Gasteiger charge is -2.30. The third-order valence-corrected chi connectivity index (χ3v) is 5.04. The molecule has 6 nitrogen and oxygen atoms in total. The van der Waals surface area contributed by atoms with Gasteiger partial charge < -0.3 is 15.0 Å². The molecule has 0 aliphatic carbocycles. The summed E-state index contributed by atoms with van der Waals surface area (Å²) < 4.78 is 5.37. The fourth-order valence-electron chi connectivity index (χ4n) is 3.41. The highest BCUT2D eigenvalue weighted by molar-refractivity contribution is 5.92. The van der Waals surface area contributed by atoms with Crippen molar-refractivity contribution in [2.75, 3.05) is 44.7 Å². The van der Waals surface area contributed by atoms with Crippen molar-refractivity contribution in [2.45, 2.75) is 26.3 Å². The number of likely N-dealkylation sites (tertiary alicyclic amines) is 1. The van der Waals surface area contributed by atoms with Gasteiger partial charge in [0.05, 0.1) is 13.2 Å². The molecule has 2 amide bonds. The van der Waals surface area contributed by atoms with E-state index in [4.69, 9.17) is 4.74 Å². The van der Waals surface area contributed by atoms with Crippen LogP contribution in [0.3, 0.4) is 0 Å². The Morgan fingerprint density at radius 3 is 2.32 bits per heavy atom. The first-order valence-corrected chi connectivity index (χ1v) is 9.07. The molecule has 1 N–H and O–H groups in total. The van der Waals surface area contributed by atoms with Gasteiger partial charge in [-0.15, -0.1) is 0 Å². The van der Waals surface area contributed by atoms with Crippen molar-refractivity contribution in [1.29, 1.82) is 0 Å². The molecular weight excluding hydrogens is 318 g/mol. The van der Waals surface area contributed by atoms with Gasteiger partial charge in [-0.1, -0.05) is 12.1 Å². The van der Waals surface area contributed by atoms with Crippen molar-refractivity contribution < 1.29 is 14.3 Å². The number of nitrogens with zero attached hydrogens (tertiary/aromatic N) is 2. The van der Waals surface area contributed by atoms with E-state index in [1.165, 1.54) is 5.56 Å². The van der Waals surface area contributed by atoms with Gasteiger partial charge in [0.15, 0.2) is 0 Å². The summed E-state index contributed by atoms with van der Waals surface area (Å²) in [5, 5.41) is 3.01. The van der Waals surface area contributed by atoms with Crippen LogP contribution in [0.1, 0.15) is 25.3 Å². The molecule has 2 saturated heterocycles. The Morgan fingerprint density at radius 2 is 1.72 bits per heavy atom. The zero-order valence-corrected chi connectivity index (χ0v) is 14.9. The Bertz CT molecular complexity index is 588. The Hall–Kier alpha value is -1.92. The van der Waals surface area contributed by atoms with Crippen molar-refractivity contribution >= 4 is 17.5 Å². The topological polar surface area (TPSA) is 61.9 Å². The van der Waals surface area contributed by atoms with Gasteiger partial charge in [0, 0.05) is 51.3 Å². The summed E-state index contributed by atoms with van der Waals surface area (Å²) in [6, 6.07) is 8.09. The molecule has 0 spiro atoms. The SMILES string of the molecule is CC(=O)N1CCC(C(=O)Nc2ccc(CN3CCOCC3)cc2)CC1. The predicted octanol–water partition coefficient (Wildman–Crippen LogP) is 1.72. The van der Waals surface area contributed by atoms with E-state index in [0.29, 0.717) is 13.1 Å². The minimum absolute atomic E-state index is 0.0105. The summed E-state index contributed by atoms with van der Waals surface area (Å²) >= 11 is 0. The standard InChI is InChI=1S/C19H27N3O3/c1-15(23)22-8-6-17(7-9-22)19(24)20-18-4-2-16(3-5-18)14-21-10-12-25-13-11-21/h2-5,17H,6-14H2,1H3,(H,20,24). The number of carbonyl (C=O) groups is 2. The van der Waals surface area contributed by atoms with E-state index in [1.54, 1.807) is 6.92 Å². The summed E-state index contributed by atoms with van der Waals surface area (Å²) in [5.74, 6) is 0.141. The van der Waals surface area contributed by atoms with E-state index in [-0.39, 0.29) is 17.7 Å². The maximum atomic E-state index is 12.4. The molecule has 0 bridgehead atoms. The minimum Gasteiger partial charge on any atom is -0.379 e. The van der Waals surface area contributed by atoms with Crippen LogP contribution in [0.25, 0.3) is 0 Å². The molecule has 136 valence electrons. The number of morpholine rings is 1. The van der Waals surface area contributed by atoms with E-state index < -0.39 is 0 Å². The van der Waals surface area contributed by atoms with Crippen LogP contribution in [-0.2, 0) is 20.9 Å². The Kier molecular flexibility index (Phi) is 6.04. The first-order chi connectivity index (χ1) is 12.1. The molecule has 0 radical (unpaired) electrons. The molecule has 0 atom stereocenters. The highest BCUT2D eigenvalue weighted by atomic mass is 16.5. The average molecular weight is 345 g/mol. The van der Waals surface area contributed by atoms with Crippen LogP contribution in [0.2, 0.25) is 0 Å². The fraction of sp³-hybridized carbons (Fsp3) is 0.579. The van der Waals surface area contributed by atoms with Crippen molar-refractivity contribution in [3.8, 4) is 0 Å². The third kappa shape index (κ3) is 5.03. The second-order valence-corrected chi connectivity index (χ2v) is 6.86. The predicted molar refractivity (Wildman–Crippen MR) is 96.1 cm³/mol. The zero-order valence-electron chi connectivity index (χ0n) is 14.9. The first-order valence-electron chi connectivity index (χ1n) is 9.07. The zero-order chi connectivity index (χ0) is 17.6.